The van der Waals surface area contributed by atoms with Crippen LogP contribution in [-0.2, 0) is 4.79 Å². The molecule has 1 aliphatic rings. The van der Waals surface area contributed by atoms with Crippen molar-refractivity contribution >= 4 is 17.2 Å². The molecular weight excluding hydrogens is 516 g/mol. The van der Waals surface area contributed by atoms with Crippen LogP contribution >= 0.6 is 0 Å². The molecule has 0 aliphatic carbocycles. The molecule has 208 valence electrons. The quantitative estimate of drug-likeness (QED) is 0.351. The van der Waals surface area contributed by atoms with Crippen LogP contribution in [0.25, 0.3) is 16.6 Å². The number of hydrogen-bond donors (Lipinski definition) is 2. The molecule has 0 radical (unpaired) electrons. The number of benzene rings is 1. The van der Waals surface area contributed by atoms with E-state index in [1.54, 1.807) is 30.8 Å². The predicted molar refractivity (Wildman–Crippen MR) is 156 cm³/mol. The number of carbonyl (C=O) groups is 1. The highest BCUT2D eigenvalue weighted by atomic mass is 16.5. The number of carbonyl (C=O) groups excluding carboxylic acids is 1. The average Bonchev–Trinajstić information content (AvgIpc) is 3.38. The summed E-state index contributed by atoms with van der Waals surface area (Å²) in [7, 11) is 0. The number of aromatic nitrogens is 3. The summed E-state index contributed by atoms with van der Waals surface area (Å²) in [6.45, 7) is 6.99. The summed E-state index contributed by atoms with van der Waals surface area (Å²) in [6.07, 6.45) is 6.53. The van der Waals surface area contributed by atoms with E-state index in [4.69, 9.17) is 9.72 Å². The van der Waals surface area contributed by atoms with Crippen LogP contribution in [0.15, 0.2) is 67.1 Å². The lowest BCUT2D eigenvalue weighted by Crippen LogP contribution is -2.53. The minimum atomic E-state index is -0.997. The first kappa shape index (κ1) is 27.7. The summed E-state index contributed by atoms with van der Waals surface area (Å²) in [5, 5.41) is 27.1. The van der Waals surface area contributed by atoms with Crippen molar-refractivity contribution in [1.82, 2.24) is 19.9 Å². The SMILES string of the molecule is CC(C)(O)COc1cc(-c2ccc(N3CCC(C)(NC(=O)C#Cc4ccccc4)CC3)nc2)c2c(C#N)cnn2c1. The maximum atomic E-state index is 12.5. The average molecular weight is 549 g/mol. The van der Waals surface area contributed by atoms with Crippen LogP contribution in [0.3, 0.4) is 0 Å². The second-order valence-electron chi connectivity index (χ2n) is 11.2. The fourth-order valence-electron chi connectivity index (χ4n) is 4.78. The van der Waals surface area contributed by atoms with Gasteiger partial charge in [0.1, 0.15) is 24.2 Å². The highest BCUT2D eigenvalue weighted by Gasteiger charge is 2.31. The Balaban J connectivity index is 1.28. The number of ether oxygens (including phenoxy) is 1. The van der Waals surface area contributed by atoms with Crippen molar-refractivity contribution in [2.24, 2.45) is 0 Å². The first-order valence-electron chi connectivity index (χ1n) is 13.5. The maximum absolute atomic E-state index is 12.5. The van der Waals surface area contributed by atoms with Crippen molar-refractivity contribution in [2.45, 2.75) is 44.8 Å². The number of pyridine rings is 2. The van der Waals surface area contributed by atoms with Gasteiger partial charge >= 0.3 is 0 Å². The van der Waals surface area contributed by atoms with Gasteiger partial charge in [0, 0.05) is 47.4 Å². The highest BCUT2D eigenvalue weighted by Crippen LogP contribution is 2.32. The van der Waals surface area contributed by atoms with Crippen molar-refractivity contribution in [3.63, 3.8) is 0 Å². The molecule has 1 aliphatic heterocycles. The number of aliphatic hydroxyl groups is 1. The molecule has 1 saturated heterocycles. The lowest BCUT2D eigenvalue weighted by atomic mass is 9.89. The van der Waals surface area contributed by atoms with Crippen LogP contribution in [0.2, 0.25) is 0 Å². The van der Waals surface area contributed by atoms with E-state index in [2.05, 4.69) is 40.1 Å². The van der Waals surface area contributed by atoms with Crippen LogP contribution in [0.4, 0.5) is 5.82 Å². The monoisotopic (exact) mass is 548 g/mol. The normalized spacial score (nSPS) is 14.6. The lowest BCUT2D eigenvalue weighted by molar-refractivity contribution is -0.117. The minimum Gasteiger partial charge on any atom is -0.489 e. The van der Waals surface area contributed by atoms with E-state index in [9.17, 15) is 15.2 Å². The number of hydrogen-bond acceptors (Lipinski definition) is 7. The number of nitrogens with zero attached hydrogens (tertiary/aromatic N) is 5. The van der Waals surface area contributed by atoms with Gasteiger partial charge in [-0.15, -0.1) is 0 Å². The van der Waals surface area contributed by atoms with Gasteiger partial charge in [-0.3, -0.25) is 4.79 Å². The number of fused-ring (bicyclic) bond motifs is 1. The van der Waals surface area contributed by atoms with Gasteiger partial charge in [-0.2, -0.15) is 10.4 Å². The minimum absolute atomic E-state index is 0.107. The van der Waals surface area contributed by atoms with E-state index in [-0.39, 0.29) is 18.1 Å². The van der Waals surface area contributed by atoms with Crippen molar-refractivity contribution in [2.75, 3.05) is 24.6 Å². The molecular formula is C32H32N6O3. The van der Waals surface area contributed by atoms with Gasteiger partial charge in [0.2, 0.25) is 0 Å². The molecule has 0 bridgehead atoms. The van der Waals surface area contributed by atoms with E-state index < -0.39 is 5.60 Å². The second kappa shape index (κ2) is 11.3. The summed E-state index contributed by atoms with van der Waals surface area (Å²) >= 11 is 0. The zero-order valence-corrected chi connectivity index (χ0v) is 23.4. The Morgan fingerprint density at radius 1 is 1.17 bits per heavy atom. The lowest BCUT2D eigenvalue weighted by Gasteiger charge is -2.40. The molecule has 1 fully saturated rings. The molecule has 5 rings (SSSR count). The molecule has 41 heavy (non-hydrogen) atoms. The van der Waals surface area contributed by atoms with Gasteiger partial charge in [0.05, 0.1) is 29.1 Å². The molecule has 0 spiro atoms. The smallest absolute Gasteiger partial charge is 0.296 e. The molecule has 1 aromatic carbocycles. The zero-order valence-electron chi connectivity index (χ0n) is 23.4. The van der Waals surface area contributed by atoms with Crippen LogP contribution in [-0.4, -0.2) is 56.4 Å². The summed E-state index contributed by atoms with van der Waals surface area (Å²) in [5.74, 6) is 6.70. The van der Waals surface area contributed by atoms with Crippen molar-refractivity contribution in [3.8, 4) is 34.8 Å². The van der Waals surface area contributed by atoms with E-state index >= 15 is 0 Å². The van der Waals surface area contributed by atoms with Crippen LogP contribution in [0, 0.1) is 23.2 Å². The molecule has 1 amide bonds. The van der Waals surface area contributed by atoms with Gasteiger partial charge in [-0.1, -0.05) is 24.1 Å². The molecule has 4 heterocycles. The van der Waals surface area contributed by atoms with Crippen molar-refractivity contribution in [3.05, 3.63) is 78.2 Å². The Morgan fingerprint density at radius 3 is 2.59 bits per heavy atom. The topological polar surface area (TPSA) is 116 Å². The number of nitrogens with one attached hydrogen (secondary N) is 1. The van der Waals surface area contributed by atoms with Gasteiger partial charge in [0.25, 0.3) is 5.91 Å². The molecule has 9 nitrogen and oxygen atoms in total. The van der Waals surface area contributed by atoms with Gasteiger partial charge in [0.15, 0.2) is 0 Å². The number of rotatable bonds is 6. The fraction of sp³-hybridized carbons (Fsp3) is 0.312. The molecule has 9 heteroatoms. The van der Waals surface area contributed by atoms with Gasteiger partial charge < -0.3 is 20.1 Å². The third kappa shape index (κ3) is 6.66. The molecule has 0 saturated carbocycles. The van der Waals surface area contributed by atoms with Crippen molar-refractivity contribution < 1.29 is 14.6 Å². The third-order valence-electron chi connectivity index (χ3n) is 7.06. The molecule has 0 atom stereocenters. The number of piperidine rings is 1. The standard InChI is InChI=1S/C32H32N6O3/c1-31(2,40)22-41-26-17-27(30-25(18-33)20-35-38(30)21-26)24-10-11-28(34-19-24)37-15-13-32(3,14-16-37)36-29(39)12-9-23-7-5-4-6-8-23/h4-8,10-11,17,19-21,40H,13-16,22H2,1-3H3,(H,36,39). The fourth-order valence-corrected chi connectivity index (χ4v) is 4.78. The summed E-state index contributed by atoms with van der Waals surface area (Å²) in [6, 6.07) is 17.4. The van der Waals surface area contributed by atoms with Gasteiger partial charge in [-0.05, 0) is 63.9 Å². The third-order valence-corrected chi connectivity index (χ3v) is 7.06. The summed E-state index contributed by atoms with van der Waals surface area (Å²) in [5.41, 5.74) is 2.16. The van der Waals surface area contributed by atoms with Crippen LogP contribution in [0.5, 0.6) is 5.75 Å². The Kier molecular flexibility index (Phi) is 7.65. The number of nitriles is 1. The Hall–Kier alpha value is -4.86. The highest BCUT2D eigenvalue weighted by molar-refractivity contribution is 5.94. The number of anilines is 1. The molecule has 0 unspecified atom stereocenters. The largest absolute Gasteiger partial charge is 0.489 e. The van der Waals surface area contributed by atoms with Gasteiger partial charge in [-0.25, -0.2) is 9.50 Å². The van der Waals surface area contributed by atoms with Crippen LogP contribution < -0.4 is 15.0 Å². The van der Waals surface area contributed by atoms with Crippen molar-refractivity contribution in [1.29, 1.82) is 5.26 Å². The Morgan fingerprint density at radius 2 is 1.93 bits per heavy atom. The van der Waals surface area contributed by atoms with E-state index in [0.717, 1.165) is 48.4 Å². The Bertz CT molecular complexity index is 1650. The second-order valence-corrected chi connectivity index (χ2v) is 11.2. The van der Waals surface area contributed by atoms with E-state index in [1.165, 1.54) is 6.20 Å². The predicted octanol–water partition coefficient (Wildman–Crippen LogP) is 3.94. The maximum Gasteiger partial charge on any atom is 0.296 e. The van der Waals surface area contributed by atoms with E-state index in [1.807, 2.05) is 48.5 Å². The van der Waals surface area contributed by atoms with E-state index in [0.29, 0.717) is 16.8 Å². The summed E-state index contributed by atoms with van der Waals surface area (Å²) < 4.78 is 7.44. The van der Waals surface area contributed by atoms with Crippen LogP contribution in [0.1, 0.15) is 44.7 Å². The summed E-state index contributed by atoms with van der Waals surface area (Å²) in [4.78, 5) is 19.4. The first-order valence-corrected chi connectivity index (χ1v) is 13.5. The molecule has 2 N–H and O–H groups in total. The zero-order chi connectivity index (χ0) is 29.0. The molecule has 3 aromatic heterocycles. The molecule has 4 aromatic rings. The Labute approximate surface area is 239 Å². The number of amides is 1. The first-order chi connectivity index (χ1) is 19.6.